The van der Waals surface area contributed by atoms with E-state index in [9.17, 15) is 14.0 Å². The summed E-state index contributed by atoms with van der Waals surface area (Å²) in [5.74, 6) is -0.338. The van der Waals surface area contributed by atoms with E-state index in [0.29, 0.717) is 34.4 Å². The summed E-state index contributed by atoms with van der Waals surface area (Å²) in [5, 5.41) is 8.89. The quantitative estimate of drug-likeness (QED) is 0.623. The molecule has 1 fully saturated rings. The Hall–Kier alpha value is -3.11. The Morgan fingerprint density at radius 2 is 2.23 bits per heavy atom. The summed E-state index contributed by atoms with van der Waals surface area (Å²) in [6.45, 7) is 1.53. The third-order valence-corrected chi connectivity index (χ3v) is 5.76. The Labute approximate surface area is 175 Å². The van der Waals surface area contributed by atoms with Gasteiger partial charge in [0.25, 0.3) is 5.91 Å². The number of primary amides is 1. The van der Waals surface area contributed by atoms with Crippen molar-refractivity contribution in [1.82, 2.24) is 15.0 Å². The SMILES string of the molecule is NC(=O)c1ccsc1NC(=O)CN1CCCC(c2nc(-c3cccc(F)c3)no2)C1. The van der Waals surface area contributed by atoms with E-state index in [-0.39, 0.29) is 24.2 Å². The van der Waals surface area contributed by atoms with Crippen LogP contribution in [0.5, 0.6) is 0 Å². The third kappa shape index (κ3) is 4.55. The Kier molecular flexibility index (Phi) is 5.86. The molecule has 3 aromatic rings. The molecule has 4 rings (SSSR count). The van der Waals surface area contributed by atoms with Crippen LogP contribution in [0, 0.1) is 5.82 Å². The first-order valence-electron chi connectivity index (χ1n) is 9.48. The largest absolute Gasteiger partial charge is 0.366 e. The Bertz CT molecular complexity index is 1070. The molecule has 3 heterocycles. The fourth-order valence-electron chi connectivity index (χ4n) is 3.52. The molecule has 0 bridgehead atoms. The van der Waals surface area contributed by atoms with Crippen LogP contribution in [-0.4, -0.2) is 46.5 Å². The molecule has 30 heavy (non-hydrogen) atoms. The Balaban J connectivity index is 1.38. The van der Waals surface area contributed by atoms with Crippen LogP contribution in [0.1, 0.15) is 35.0 Å². The molecule has 2 amide bonds. The van der Waals surface area contributed by atoms with Crippen molar-refractivity contribution in [2.45, 2.75) is 18.8 Å². The van der Waals surface area contributed by atoms with Crippen molar-refractivity contribution in [3.05, 3.63) is 53.0 Å². The number of piperidine rings is 1. The number of hydrogen-bond donors (Lipinski definition) is 2. The fraction of sp³-hybridized carbons (Fsp3) is 0.300. The van der Waals surface area contributed by atoms with Gasteiger partial charge >= 0.3 is 0 Å². The smallest absolute Gasteiger partial charge is 0.251 e. The predicted octanol–water partition coefficient (Wildman–Crippen LogP) is 2.85. The van der Waals surface area contributed by atoms with Gasteiger partial charge in [0.05, 0.1) is 18.0 Å². The second-order valence-electron chi connectivity index (χ2n) is 7.12. The van der Waals surface area contributed by atoms with Crippen molar-refractivity contribution in [1.29, 1.82) is 0 Å². The zero-order valence-corrected chi connectivity index (χ0v) is 16.8. The van der Waals surface area contributed by atoms with Crippen LogP contribution in [0.3, 0.4) is 0 Å². The van der Waals surface area contributed by atoms with Crippen molar-refractivity contribution in [3.8, 4) is 11.4 Å². The number of carbonyl (C=O) groups is 2. The minimum absolute atomic E-state index is 0.00993. The van der Waals surface area contributed by atoms with Crippen molar-refractivity contribution in [3.63, 3.8) is 0 Å². The fourth-order valence-corrected chi connectivity index (χ4v) is 4.32. The van der Waals surface area contributed by atoms with Crippen LogP contribution in [0.15, 0.2) is 40.2 Å². The molecule has 0 saturated carbocycles. The summed E-state index contributed by atoms with van der Waals surface area (Å²) >= 11 is 1.26. The molecule has 0 spiro atoms. The van der Waals surface area contributed by atoms with Gasteiger partial charge in [-0.1, -0.05) is 17.3 Å². The molecule has 0 radical (unpaired) electrons. The minimum Gasteiger partial charge on any atom is -0.366 e. The van der Waals surface area contributed by atoms with Crippen LogP contribution in [0.4, 0.5) is 9.39 Å². The number of likely N-dealkylation sites (tertiary alicyclic amines) is 1. The van der Waals surface area contributed by atoms with Gasteiger partial charge in [-0.25, -0.2) is 4.39 Å². The van der Waals surface area contributed by atoms with E-state index in [0.717, 1.165) is 19.4 Å². The number of nitrogens with two attached hydrogens (primary N) is 1. The summed E-state index contributed by atoms with van der Waals surface area (Å²) in [6, 6.07) is 7.62. The first-order valence-corrected chi connectivity index (χ1v) is 10.4. The highest BCUT2D eigenvalue weighted by molar-refractivity contribution is 7.14. The van der Waals surface area contributed by atoms with Crippen molar-refractivity contribution in [2.75, 3.05) is 25.0 Å². The second-order valence-corrected chi connectivity index (χ2v) is 8.03. The predicted molar refractivity (Wildman–Crippen MR) is 110 cm³/mol. The van der Waals surface area contributed by atoms with Crippen LogP contribution in [0.2, 0.25) is 0 Å². The molecular formula is C20H20FN5O3S. The monoisotopic (exact) mass is 429 g/mol. The van der Waals surface area contributed by atoms with E-state index in [1.54, 1.807) is 23.6 Å². The summed E-state index contributed by atoms with van der Waals surface area (Å²) in [7, 11) is 0. The average molecular weight is 429 g/mol. The van der Waals surface area contributed by atoms with Crippen LogP contribution < -0.4 is 11.1 Å². The minimum atomic E-state index is -0.574. The molecule has 1 aliphatic heterocycles. The molecular weight excluding hydrogens is 409 g/mol. The molecule has 1 aromatic carbocycles. The van der Waals surface area contributed by atoms with Crippen LogP contribution >= 0.6 is 11.3 Å². The molecule has 8 nitrogen and oxygen atoms in total. The lowest BCUT2D eigenvalue weighted by Gasteiger charge is -2.30. The van der Waals surface area contributed by atoms with Crippen LogP contribution in [-0.2, 0) is 4.79 Å². The lowest BCUT2D eigenvalue weighted by Crippen LogP contribution is -2.40. The molecule has 156 valence electrons. The highest BCUT2D eigenvalue weighted by atomic mass is 32.1. The summed E-state index contributed by atoms with van der Waals surface area (Å²) in [6.07, 6.45) is 1.74. The van der Waals surface area contributed by atoms with E-state index >= 15 is 0 Å². The summed E-state index contributed by atoms with van der Waals surface area (Å²) in [5.41, 5.74) is 6.18. The van der Waals surface area contributed by atoms with E-state index in [1.807, 2.05) is 4.90 Å². The molecule has 2 aromatic heterocycles. The Morgan fingerprint density at radius 3 is 3.03 bits per heavy atom. The lowest BCUT2D eigenvalue weighted by molar-refractivity contribution is -0.117. The van der Waals surface area contributed by atoms with Gasteiger partial charge in [0.1, 0.15) is 10.8 Å². The zero-order valence-electron chi connectivity index (χ0n) is 16.0. The van der Waals surface area contributed by atoms with Gasteiger partial charge in [0.15, 0.2) is 0 Å². The van der Waals surface area contributed by atoms with Crippen molar-refractivity contribution < 1.29 is 18.5 Å². The molecule has 1 aliphatic rings. The lowest BCUT2D eigenvalue weighted by atomic mass is 9.98. The topological polar surface area (TPSA) is 114 Å². The van der Waals surface area contributed by atoms with Crippen molar-refractivity contribution >= 4 is 28.2 Å². The highest BCUT2D eigenvalue weighted by Gasteiger charge is 2.27. The summed E-state index contributed by atoms with van der Waals surface area (Å²) < 4.78 is 18.9. The second kappa shape index (κ2) is 8.72. The molecule has 1 atom stereocenters. The van der Waals surface area contributed by atoms with Crippen LogP contribution in [0.25, 0.3) is 11.4 Å². The number of hydrogen-bond acceptors (Lipinski definition) is 7. The van der Waals surface area contributed by atoms with Gasteiger partial charge in [0, 0.05) is 12.1 Å². The number of aromatic nitrogens is 2. The van der Waals surface area contributed by atoms with E-state index in [4.69, 9.17) is 10.3 Å². The number of nitrogens with zero attached hydrogens (tertiary/aromatic N) is 3. The summed E-state index contributed by atoms with van der Waals surface area (Å²) in [4.78, 5) is 30.3. The zero-order chi connectivity index (χ0) is 21.1. The van der Waals surface area contributed by atoms with E-state index in [1.165, 1.54) is 23.5 Å². The number of carbonyl (C=O) groups excluding carboxylic acids is 2. The number of nitrogens with one attached hydrogen (secondary N) is 1. The number of anilines is 1. The number of rotatable bonds is 6. The molecule has 10 heteroatoms. The first kappa shape index (κ1) is 20.2. The number of amides is 2. The van der Waals surface area contributed by atoms with E-state index < -0.39 is 5.91 Å². The highest BCUT2D eigenvalue weighted by Crippen LogP contribution is 2.28. The normalized spacial score (nSPS) is 17.0. The Morgan fingerprint density at radius 1 is 1.37 bits per heavy atom. The number of thiophene rings is 1. The number of benzene rings is 1. The molecule has 3 N–H and O–H groups in total. The number of halogens is 1. The molecule has 1 saturated heterocycles. The maximum Gasteiger partial charge on any atom is 0.251 e. The van der Waals surface area contributed by atoms with E-state index in [2.05, 4.69) is 15.5 Å². The van der Waals surface area contributed by atoms with Gasteiger partial charge in [-0.2, -0.15) is 4.98 Å². The van der Waals surface area contributed by atoms with Gasteiger partial charge in [-0.05, 0) is 43.0 Å². The van der Waals surface area contributed by atoms with Gasteiger partial charge in [0.2, 0.25) is 17.6 Å². The van der Waals surface area contributed by atoms with Crippen molar-refractivity contribution in [2.24, 2.45) is 5.73 Å². The third-order valence-electron chi connectivity index (χ3n) is 4.93. The van der Waals surface area contributed by atoms with Gasteiger partial charge in [-0.3, -0.25) is 14.5 Å². The first-order chi connectivity index (χ1) is 14.5. The maximum absolute atomic E-state index is 13.4. The molecule has 0 aliphatic carbocycles. The van der Waals surface area contributed by atoms with Gasteiger partial charge in [-0.15, -0.1) is 11.3 Å². The maximum atomic E-state index is 13.4. The molecule has 1 unspecified atom stereocenters. The van der Waals surface area contributed by atoms with Gasteiger partial charge < -0.3 is 15.6 Å². The average Bonchev–Trinajstić information content (AvgIpc) is 3.38. The standard InChI is InChI=1S/C20H20FN5O3S/c21-14-5-1-3-12(9-14)18-24-19(29-25-18)13-4-2-7-26(10-13)11-16(27)23-20-15(17(22)28)6-8-30-20/h1,3,5-6,8-9,13H,2,4,7,10-11H2,(H2,22,28)(H,23,27).